The third kappa shape index (κ3) is 4.93. The molecule has 11 heteroatoms. The number of para-hydroxylation sites is 1. The highest BCUT2D eigenvalue weighted by Gasteiger charge is 2.39. The number of nitro benzene ring substituents is 1. The van der Waals surface area contributed by atoms with Crippen LogP contribution in [0.5, 0.6) is 0 Å². The Morgan fingerprint density at radius 3 is 2.43 bits per heavy atom. The van der Waals surface area contributed by atoms with E-state index in [1.54, 1.807) is 11.8 Å². The number of nitrogens with two attached hydrogens (primary N) is 1. The molecule has 1 aliphatic heterocycles. The van der Waals surface area contributed by atoms with Crippen LogP contribution >= 0.6 is 12.4 Å². The minimum Gasteiger partial charge on any atom is -0.336 e. The third-order valence-electron chi connectivity index (χ3n) is 6.00. The molecule has 2 fully saturated rings. The van der Waals surface area contributed by atoms with E-state index in [4.69, 9.17) is 5.73 Å². The van der Waals surface area contributed by atoms with Crippen molar-refractivity contribution in [2.45, 2.75) is 56.0 Å². The highest BCUT2D eigenvalue weighted by atomic mass is 35.5. The first-order chi connectivity index (χ1) is 13.7. The summed E-state index contributed by atoms with van der Waals surface area (Å²) in [5.41, 5.74) is 5.81. The maximum atomic E-state index is 13.0. The maximum Gasteiger partial charge on any atom is 0.289 e. The van der Waals surface area contributed by atoms with Crippen molar-refractivity contribution in [1.29, 1.82) is 0 Å². The highest BCUT2D eigenvalue weighted by Crippen LogP contribution is 2.29. The summed E-state index contributed by atoms with van der Waals surface area (Å²) in [6, 6.07) is 4.41. The lowest BCUT2D eigenvalue weighted by Gasteiger charge is -2.41. The maximum absolute atomic E-state index is 13.0. The smallest absolute Gasteiger partial charge is 0.289 e. The van der Waals surface area contributed by atoms with Crippen molar-refractivity contribution in [1.82, 2.24) is 9.21 Å². The molecule has 1 aromatic carbocycles. The van der Waals surface area contributed by atoms with Gasteiger partial charge >= 0.3 is 0 Å². The van der Waals surface area contributed by atoms with E-state index < -0.39 is 26.7 Å². The summed E-state index contributed by atoms with van der Waals surface area (Å²) in [5.74, 6) is 0.0457. The van der Waals surface area contributed by atoms with Crippen LogP contribution in [0.3, 0.4) is 0 Å². The summed E-state index contributed by atoms with van der Waals surface area (Å²) in [4.78, 5) is 24.8. The number of halogens is 1. The van der Waals surface area contributed by atoms with Gasteiger partial charge in [0.25, 0.3) is 5.69 Å². The SMILES string of the molecule is C[C@@H]1CN(S(=O)(=O)c2ccccc2[N+](=O)[O-])CCN1C(=O)[C@@H](N)C1CCCCC1.Cl. The van der Waals surface area contributed by atoms with Gasteiger partial charge in [0, 0.05) is 31.7 Å². The monoisotopic (exact) mass is 460 g/mol. The summed E-state index contributed by atoms with van der Waals surface area (Å²) in [6.45, 7) is 2.17. The van der Waals surface area contributed by atoms with Gasteiger partial charge in [0.05, 0.1) is 11.0 Å². The van der Waals surface area contributed by atoms with E-state index in [0.29, 0.717) is 0 Å². The zero-order valence-corrected chi connectivity index (χ0v) is 18.6. The first kappa shape index (κ1) is 24.5. The number of hydrogen-bond donors (Lipinski definition) is 1. The predicted octanol–water partition coefficient (Wildman–Crippen LogP) is 2.15. The Hall–Kier alpha value is -1.75. The average Bonchev–Trinajstić information content (AvgIpc) is 2.73. The third-order valence-corrected chi connectivity index (χ3v) is 7.91. The molecule has 0 radical (unpaired) electrons. The largest absolute Gasteiger partial charge is 0.336 e. The normalized spacial score (nSPS) is 22.2. The average molecular weight is 461 g/mol. The molecule has 0 unspecified atom stereocenters. The Morgan fingerprint density at radius 1 is 1.20 bits per heavy atom. The number of sulfonamides is 1. The molecule has 168 valence electrons. The number of nitrogens with zero attached hydrogens (tertiary/aromatic N) is 3. The molecule has 1 amide bonds. The number of benzene rings is 1. The van der Waals surface area contributed by atoms with Crippen LogP contribution < -0.4 is 5.73 Å². The van der Waals surface area contributed by atoms with Crippen molar-refractivity contribution < 1.29 is 18.1 Å². The van der Waals surface area contributed by atoms with Gasteiger partial charge in [0.2, 0.25) is 15.9 Å². The van der Waals surface area contributed by atoms with Crippen LogP contribution in [0.15, 0.2) is 29.2 Å². The molecule has 2 aliphatic rings. The molecule has 2 atom stereocenters. The zero-order chi connectivity index (χ0) is 21.2. The van der Waals surface area contributed by atoms with Gasteiger partial charge in [0.1, 0.15) is 0 Å². The molecule has 1 aliphatic carbocycles. The molecular formula is C19H29ClN4O5S. The second kappa shape index (κ2) is 10.0. The quantitative estimate of drug-likeness (QED) is 0.529. The Kier molecular flexibility index (Phi) is 8.20. The van der Waals surface area contributed by atoms with Gasteiger partial charge in [-0.15, -0.1) is 12.4 Å². The lowest BCUT2D eigenvalue weighted by Crippen LogP contribution is -2.59. The van der Waals surface area contributed by atoms with Crippen LogP contribution in [0.1, 0.15) is 39.0 Å². The van der Waals surface area contributed by atoms with Crippen molar-refractivity contribution in [2.75, 3.05) is 19.6 Å². The molecule has 1 saturated carbocycles. The lowest BCUT2D eigenvalue weighted by molar-refractivity contribution is -0.387. The standard InChI is InChI=1S/C19H28N4O5S.ClH/c1-14-13-21(29(27,28)17-10-6-5-9-16(17)23(25)26)11-12-22(14)19(24)18(20)15-7-3-2-4-8-15;/h5-6,9-10,14-15,18H,2-4,7-8,11-13,20H2,1H3;1H/t14-,18+;/m1./s1. The summed E-state index contributed by atoms with van der Waals surface area (Å²) in [6.07, 6.45) is 5.25. The van der Waals surface area contributed by atoms with Crippen LogP contribution in [0.2, 0.25) is 0 Å². The number of piperazine rings is 1. The van der Waals surface area contributed by atoms with Crippen LogP contribution in [0.4, 0.5) is 5.69 Å². The molecule has 0 spiro atoms. The number of carbonyl (C=O) groups excluding carboxylic acids is 1. The number of carbonyl (C=O) groups is 1. The van der Waals surface area contributed by atoms with E-state index in [-0.39, 0.29) is 54.8 Å². The Morgan fingerprint density at radius 2 is 1.83 bits per heavy atom. The molecule has 9 nitrogen and oxygen atoms in total. The van der Waals surface area contributed by atoms with Gasteiger partial charge in [-0.25, -0.2) is 8.42 Å². The van der Waals surface area contributed by atoms with E-state index in [1.807, 2.05) is 0 Å². The fourth-order valence-corrected chi connectivity index (χ4v) is 5.99. The minimum absolute atomic E-state index is 0. The van der Waals surface area contributed by atoms with E-state index in [2.05, 4.69) is 0 Å². The van der Waals surface area contributed by atoms with Gasteiger partial charge in [-0.05, 0) is 31.7 Å². The topological polar surface area (TPSA) is 127 Å². The second-order valence-electron chi connectivity index (χ2n) is 7.89. The van der Waals surface area contributed by atoms with E-state index in [0.717, 1.165) is 25.7 Å². The number of hydrogen-bond acceptors (Lipinski definition) is 6. The first-order valence-corrected chi connectivity index (χ1v) is 11.5. The van der Waals surface area contributed by atoms with Gasteiger partial charge in [-0.3, -0.25) is 14.9 Å². The summed E-state index contributed by atoms with van der Waals surface area (Å²) in [5, 5.41) is 11.2. The molecule has 0 aromatic heterocycles. The van der Waals surface area contributed by atoms with E-state index in [1.165, 1.54) is 35.0 Å². The van der Waals surface area contributed by atoms with Crippen LogP contribution in [0, 0.1) is 16.0 Å². The summed E-state index contributed by atoms with van der Waals surface area (Å²) >= 11 is 0. The molecule has 1 saturated heterocycles. The van der Waals surface area contributed by atoms with Crippen LogP contribution in [-0.4, -0.2) is 60.2 Å². The zero-order valence-electron chi connectivity index (χ0n) is 17.0. The van der Waals surface area contributed by atoms with Crippen molar-refractivity contribution in [3.63, 3.8) is 0 Å². The number of rotatable bonds is 5. The van der Waals surface area contributed by atoms with Gasteiger partial charge in [-0.2, -0.15) is 4.31 Å². The van der Waals surface area contributed by atoms with Crippen molar-refractivity contribution in [3.05, 3.63) is 34.4 Å². The molecule has 1 heterocycles. The lowest BCUT2D eigenvalue weighted by atomic mass is 9.83. The fourth-order valence-electron chi connectivity index (χ4n) is 4.32. The Bertz CT molecular complexity index is 875. The molecule has 0 bridgehead atoms. The molecule has 3 rings (SSSR count). The van der Waals surface area contributed by atoms with Crippen molar-refractivity contribution in [3.8, 4) is 0 Å². The Balaban J connectivity index is 0.00000320. The number of nitro groups is 1. The number of amides is 1. The molecule has 30 heavy (non-hydrogen) atoms. The molecule has 2 N–H and O–H groups in total. The van der Waals surface area contributed by atoms with Crippen LogP contribution in [0.25, 0.3) is 0 Å². The Labute approximate surface area is 183 Å². The van der Waals surface area contributed by atoms with Gasteiger partial charge in [0.15, 0.2) is 4.90 Å². The fraction of sp³-hybridized carbons (Fsp3) is 0.632. The first-order valence-electron chi connectivity index (χ1n) is 10.0. The summed E-state index contributed by atoms with van der Waals surface area (Å²) in [7, 11) is -4.04. The second-order valence-corrected chi connectivity index (χ2v) is 9.80. The van der Waals surface area contributed by atoms with Gasteiger partial charge in [-0.1, -0.05) is 31.4 Å². The minimum atomic E-state index is -4.04. The van der Waals surface area contributed by atoms with Crippen molar-refractivity contribution in [2.24, 2.45) is 11.7 Å². The van der Waals surface area contributed by atoms with E-state index >= 15 is 0 Å². The molecular weight excluding hydrogens is 432 g/mol. The molecule has 1 aromatic rings. The van der Waals surface area contributed by atoms with E-state index in [9.17, 15) is 23.3 Å². The predicted molar refractivity (Wildman–Crippen MR) is 115 cm³/mol. The summed E-state index contributed by atoms with van der Waals surface area (Å²) < 4.78 is 27.2. The van der Waals surface area contributed by atoms with Gasteiger partial charge < -0.3 is 10.6 Å². The van der Waals surface area contributed by atoms with Crippen molar-refractivity contribution >= 4 is 34.0 Å². The highest BCUT2D eigenvalue weighted by molar-refractivity contribution is 7.89. The van der Waals surface area contributed by atoms with Crippen LogP contribution in [-0.2, 0) is 14.8 Å².